The first-order valence-electron chi connectivity index (χ1n) is 4.25. The van der Waals surface area contributed by atoms with Crippen LogP contribution in [0.15, 0.2) is 35.2 Å². The zero-order valence-electron chi connectivity index (χ0n) is 7.62. The smallest absolute Gasteiger partial charge is 0.0996 e. The molecule has 0 fully saturated rings. The van der Waals surface area contributed by atoms with Gasteiger partial charge in [-0.05, 0) is 40.8 Å². The minimum Gasteiger partial charge on any atom is -0.305 e. The Labute approximate surface area is 115 Å². The Kier molecular flexibility index (Phi) is 3.69. The molecule has 5 heteroatoms. The molecule has 2 nitrogen and oxygen atoms in total. The highest BCUT2D eigenvalue weighted by Gasteiger charge is 2.04. The molecule has 0 unspecified atom stereocenters. The topological polar surface area (TPSA) is 17.8 Å². The van der Waals surface area contributed by atoms with E-state index in [9.17, 15) is 0 Å². The highest BCUT2D eigenvalue weighted by Crippen LogP contribution is 2.22. The number of nitrogens with zero attached hydrogens (tertiary/aromatic N) is 2. The maximum absolute atomic E-state index is 5.71. The maximum Gasteiger partial charge on any atom is 0.0996 e. The third-order valence-electron chi connectivity index (χ3n) is 1.96. The number of imidazole rings is 1. The molecule has 0 aliphatic carbocycles. The first-order chi connectivity index (χ1) is 7.20. The van der Waals surface area contributed by atoms with Gasteiger partial charge < -0.3 is 4.57 Å². The van der Waals surface area contributed by atoms with Gasteiger partial charge in [0.2, 0.25) is 0 Å². The summed E-state index contributed by atoms with van der Waals surface area (Å²) in [5.74, 6) is 0.442. The number of aromatic nitrogens is 2. The van der Waals surface area contributed by atoms with Gasteiger partial charge in [-0.15, -0.1) is 11.6 Å². The molecule has 0 aliphatic rings. The minimum absolute atomic E-state index is 0.442. The standard InChI is InChI=1S/C10H7BrClIN2/c11-7-1-2-9(13)10(3-7)15-5-8(4-12)14-6-15/h1-3,5-6H,4H2. The molecule has 1 aromatic carbocycles. The zero-order chi connectivity index (χ0) is 10.8. The van der Waals surface area contributed by atoms with Crippen LogP contribution < -0.4 is 0 Å². The van der Waals surface area contributed by atoms with Gasteiger partial charge in [0.1, 0.15) is 0 Å². The van der Waals surface area contributed by atoms with Crippen molar-refractivity contribution in [2.24, 2.45) is 0 Å². The van der Waals surface area contributed by atoms with Gasteiger partial charge in [-0.1, -0.05) is 15.9 Å². The summed E-state index contributed by atoms with van der Waals surface area (Å²) in [4.78, 5) is 4.19. The maximum atomic E-state index is 5.71. The fraction of sp³-hybridized carbons (Fsp3) is 0.100. The molecule has 0 amide bonds. The van der Waals surface area contributed by atoms with E-state index < -0.39 is 0 Å². The molecule has 0 radical (unpaired) electrons. The molecule has 2 aromatic rings. The summed E-state index contributed by atoms with van der Waals surface area (Å²) in [7, 11) is 0. The van der Waals surface area contributed by atoms with E-state index in [4.69, 9.17) is 11.6 Å². The van der Waals surface area contributed by atoms with Crippen molar-refractivity contribution in [3.8, 4) is 5.69 Å². The average Bonchev–Trinajstić information content (AvgIpc) is 2.70. The Morgan fingerprint density at radius 3 is 2.93 bits per heavy atom. The van der Waals surface area contributed by atoms with Crippen LogP contribution in [0.3, 0.4) is 0 Å². The quantitative estimate of drug-likeness (QED) is 0.554. The molecule has 0 saturated heterocycles. The van der Waals surface area contributed by atoms with Crippen molar-refractivity contribution in [1.82, 2.24) is 9.55 Å². The normalized spacial score (nSPS) is 10.6. The molecule has 78 valence electrons. The Balaban J connectivity index is 2.48. The van der Waals surface area contributed by atoms with Gasteiger partial charge in [0.25, 0.3) is 0 Å². The molecule has 0 bridgehead atoms. The first-order valence-corrected chi connectivity index (χ1v) is 6.65. The van der Waals surface area contributed by atoms with Crippen LogP contribution in [0.2, 0.25) is 0 Å². The Morgan fingerprint density at radius 2 is 2.27 bits per heavy atom. The molecule has 2 rings (SSSR count). The summed E-state index contributed by atoms with van der Waals surface area (Å²) in [5.41, 5.74) is 1.99. The molecule has 1 heterocycles. The molecule has 0 atom stereocenters. The van der Waals surface area contributed by atoms with Gasteiger partial charge in [-0.3, -0.25) is 0 Å². The van der Waals surface area contributed by atoms with Crippen LogP contribution in [0.5, 0.6) is 0 Å². The first kappa shape index (κ1) is 11.4. The molecule has 0 spiro atoms. The predicted molar refractivity (Wildman–Crippen MR) is 73.5 cm³/mol. The van der Waals surface area contributed by atoms with Crippen molar-refractivity contribution in [1.29, 1.82) is 0 Å². The van der Waals surface area contributed by atoms with Gasteiger partial charge >= 0.3 is 0 Å². The van der Waals surface area contributed by atoms with E-state index in [1.54, 1.807) is 6.33 Å². The van der Waals surface area contributed by atoms with Crippen LogP contribution in [0.4, 0.5) is 0 Å². The van der Waals surface area contributed by atoms with Gasteiger partial charge in [-0.25, -0.2) is 4.98 Å². The molecule has 0 N–H and O–H groups in total. The lowest BCUT2D eigenvalue weighted by molar-refractivity contribution is 1.05. The number of alkyl halides is 1. The second-order valence-electron chi connectivity index (χ2n) is 3.00. The van der Waals surface area contributed by atoms with E-state index >= 15 is 0 Å². The van der Waals surface area contributed by atoms with Gasteiger partial charge in [0, 0.05) is 14.2 Å². The van der Waals surface area contributed by atoms with E-state index in [1.807, 2.05) is 16.8 Å². The summed E-state index contributed by atoms with van der Waals surface area (Å²) in [6, 6.07) is 6.13. The number of hydrogen-bond donors (Lipinski definition) is 0. The number of rotatable bonds is 2. The van der Waals surface area contributed by atoms with Crippen molar-refractivity contribution in [3.63, 3.8) is 0 Å². The fourth-order valence-corrected chi connectivity index (χ4v) is 2.35. The third kappa shape index (κ3) is 2.54. The van der Waals surface area contributed by atoms with Crippen molar-refractivity contribution in [3.05, 3.63) is 44.5 Å². The lowest BCUT2D eigenvalue weighted by Gasteiger charge is -2.05. The lowest BCUT2D eigenvalue weighted by atomic mass is 10.3. The van der Waals surface area contributed by atoms with Crippen LogP contribution >= 0.6 is 50.1 Å². The second kappa shape index (κ2) is 4.84. The Hall–Kier alpha value is -0.0700. The summed E-state index contributed by atoms with van der Waals surface area (Å²) in [6.07, 6.45) is 3.72. The van der Waals surface area contributed by atoms with Crippen LogP contribution in [-0.4, -0.2) is 9.55 Å². The van der Waals surface area contributed by atoms with Crippen LogP contribution in [0.25, 0.3) is 5.69 Å². The average molecular weight is 397 g/mol. The van der Waals surface area contributed by atoms with E-state index in [0.717, 1.165) is 15.9 Å². The van der Waals surface area contributed by atoms with Gasteiger partial charge in [0.05, 0.1) is 23.6 Å². The second-order valence-corrected chi connectivity index (χ2v) is 5.35. The fourth-order valence-electron chi connectivity index (χ4n) is 1.25. The highest BCUT2D eigenvalue weighted by atomic mass is 127. The Bertz CT molecular complexity index is 484. The van der Waals surface area contributed by atoms with Gasteiger partial charge in [-0.2, -0.15) is 0 Å². The molecular formula is C10H7BrClIN2. The van der Waals surface area contributed by atoms with Crippen molar-refractivity contribution in [2.45, 2.75) is 5.88 Å². The highest BCUT2D eigenvalue weighted by molar-refractivity contribution is 14.1. The summed E-state index contributed by atoms with van der Waals surface area (Å²) in [6.45, 7) is 0. The van der Waals surface area contributed by atoms with E-state index in [0.29, 0.717) is 5.88 Å². The number of halogens is 3. The number of benzene rings is 1. The number of hydrogen-bond acceptors (Lipinski definition) is 1. The largest absolute Gasteiger partial charge is 0.305 e. The molecule has 1 aromatic heterocycles. The monoisotopic (exact) mass is 396 g/mol. The lowest BCUT2D eigenvalue weighted by Crippen LogP contribution is -1.93. The van der Waals surface area contributed by atoms with E-state index in [1.165, 1.54) is 3.57 Å². The molecule has 0 aliphatic heterocycles. The van der Waals surface area contributed by atoms with Gasteiger partial charge in [0.15, 0.2) is 0 Å². The predicted octanol–water partition coefficient (Wildman–Crippen LogP) is 3.98. The van der Waals surface area contributed by atoms with E-state index in [2.05, 4.69) is 55.6 Å². The van der Waals surface area contributed by atoms with Crippen molar-refractivity contribution < 1.29 is 0 Å². The SMILES string of the molecule is ClCc1cn(-c2cc(Br)ccc2I)cn1. The molecule has 0 saturated carbocycles. The summed E-state index contributed by atoms with van der Waals surface area (Å²) >= 11 is 11.5. The zero-order valence-corrected chi connectivity index (χ0v) is 12.1. The summed E-state index contributed by atoms with van der Waals surface area (Å²) in [5, 5.41) is 0. The van der Waals surface area contributed by atoms with Crippen LogP contribution in [0.1, 0.15) is 5.69 Å². The van der Waals surface area contributed by atoms with Crippen LogP contribution in [0, 0.1) is 3.57 Å². The summed E-state index contributed by atoms with van der Waals surface area (Å²) < 4.78 is 4.21. The van der Waals surface area contributed by atoms with E-state index in [-0.39, 0.29) is 0 Å². The third-order valence-corrected chi connectivity index (χ3v) is 3.64. The van der Waals surface area contributed by atoms with Crippen LogP contribution in [-0.2, 0) is 5.88 Å². The molecule has 15 heavy (non-hydrogen) atoms. The van der Waals surface area contributed by atoms with Crippen molar-refractivity contribution >= 4 is 50.1 Å². The minimum atomic E-state index is 0.442. The van der Waals surface area contributed by atoms with Crippen molar-refractivity contribution in [2.75, 3.05) is 0 Å². The molecular weight excluding hydrogens is 390 g/mol. The Morgan fingerprint density at radius 1 is 1.47 bits per heavy atom.